The van der Waals surface area contributed by atoms with Gasteiger partial charge in [0.25, 0.3) is 0 Å². The van der Waals surface area contributed by atoms with Gasteiger partial charge >= 0.3 is 0 Å². The highest BCUT2D eigenvalue weighted by Gasteiger charge is 2.11. The maximum atomic E-state index is 5.15. The largest absolute Gasteiger partial charge is 0.383 e. The first kappa shape index (κ1) is 23.4. The minimum Gasteiger partial charge on any atom is -0.383 e. The van der Waals surface area contributed by atoms with Crippen LogP contribution in [-0.2, 0) is 24.2 Å². The molecule has 150 valence electrons. The fourth-order valence-electron chi connectivity index (χ4n) is 2.71. The number of halogens is 1. The third-order valence-electron chi connectivity index (χ3n) is 4.18. The Hall–Kier alpha value is -1.68. The van der Waals surface area contributed by atoms with Gasteiger partial charge in [0.1, 0.15) is 0 Å². The molecular formula is C19H31IN6O. The molecule has 0 aromatic carbocycles. The lowest BCUT2D eigenvalue weighted by molar-refractivity contribution is 0.182. The molecule has 0 fully saturated rings. The van der Waals surface area contributed by atoms with Gasteiger partial charge in [-0.2, -0.15) is 5.10 Å². The van der Waals surface area contributed by atoms with Crippen LogP contribution in [0.5, 0.6) is 0 Å². The number of pyridine rings is 1. The maximum Gasteiger partial charge on any atom is 0.191 e. The topological polar surface area (TPSA) is 76.4 Å². The molecule has 0 aliphatic carbocycles. The summed E-state index contributed by atoms with van der Waals surface area (Å²) in [5.41, 5.74) is 4.41. The molecular weight excluding hydrogens is 455 g/mol. The summed E-state index contributed by atoms with van der Waals surface area (Å²) in [6.07, 6.45) is 2.68. The van der Waals surface area contributed by atoms with E-state index in [1.54, 1.807) is 7.11 Å². The van der Waals surface area contributed by atoms with Gasteiger partial charge in [-0.05, 0) is 32.9 Å². The predicted molar refractivity (Wildman–Crippen MR) is 120 cm³/mol. The third kappa shape index (κ3) is 7.45. The number of rotatable bonds is 9. The van der Waals surface area contributed by atoms with Gasteiger partial charge in [-0.15, -0.1) is 24.0 Å². The normalized spacial score (nSPS) is 11.2. The molecule has 8 heteroatoms. The van der Waals surface area contributed by atoms with Crippen LogP contribution in [0.3, 0.4) is 0 Å². The summed E-state index contributed by atoms with van der Waals surface area (Å²) in [5, 5.41) is 11.3. The zero-order chi connectivity index (χ0) is 18.8. The van der Waals surface area contributed by atoms with Crippen LogP contribution in [0.4, 0.5) is 0 Å². The molecule has 0 amide bonds. The monoisotopic (exact) mass is 486 g/mol. The van der Waals surface area contributed by atoms with Gasteiger partial charge < -0.3 is 15.4 Å². The predicted octanol–water partition coefficient (Wildman–Crippen LogP) is 2.46. The van der Waals surface area contributed by atoms with Gasteiger partial charge in [0.05, 0.1) is 25.4 Å². The van der Waals surface area contributed by atoms with Crippen LogP contribution in [-0.4, -0.2) is 47.5 Å². The quantitative estimate of drug-likeness (QED) is 0.324. The van der Waals surface area contributed by atoms with Crippen LogP contribution in [0.15, 0.2) is 29.4 Å². The van der Waals surface area contributed by atoms with Crippen LogP contribution in [0.25, 0.3) is 0 Å². The maximum absolute atomic E-state index is 5.15. The average molecular weight is 486 g/mol. The number of hydrogen-bond acceptors (Lipinski definition) is 4. The molecule has 2 heterocycles. The number of aromatic nitrogens is 3. The van der Waals surface area contributed by atoms with E-state index in [4.69, 9.17) is 9.73 Å². The van der Waals surface area contributed by atoms with Crippen LogP contribution in [0.1, 0.15) is 29.6 Å². The van der Waals surface area contributed by atoms with E-state index >= 15 is 0 Å². The number of nitrogens with one attached hydrogen (secondary N) is 2. The zero-order valence-electron chi connectivity index (χ0n) is 16.7. The Morgan fingerprint density at radius 1 is 1.26 bits per heavy atom. The van der Waals surface area contributed by atoms with Crippen LogP contribution in [0, 0.1) is 13.8 Å². The van der Waals surface area contributed by atoms with Crippen LogP contribution >= 0.6 is 24.0 Å². The molecule has 2 aromatic heterocycles. The van der Waals surface area contributed by atoms with E-state index in [-0.39, 0.29) is 24.0 Å². The summed E-state index contributed by atoms with van der Waals surface area (Å²) >= 11 is 0. The Labute approximate surface area is 179 Å². The SMILES string of the molecule is CCNC(=NCc1c(C)nn(CCOC)c1C)NCCc1ccccn1.I. The van der Waals surface area contributed by atoms with Crippen LogP contribution < -0.4 is 10.6 Å². The van der Waals surface area contributed by atoms with Crippen molar-refractivity contribution in [3.8, 4) is 0 Å². The van der Waals surface area contributed by atoms with E-state index in [0.717, 1.165) is 49.1 Å². The lowest BCUT2D eigenvalue weighted by Gasteiger charge is -2.11. The first-order valence-corrected chi connectivity index (χ1v) is 9.09. The molecule has 0 radical (unpaired) electrons. The van der Waals surface area contributed by atoms with Gasteiger partial charge in [0.15, 0.2) is 5.96 Å². The fourth-order valence-corrected chi connectivity index (χ4v) is 2.71. The molecule has 0 bridgehead atoms. The van der Waals surface area contributed by atoms with Crippen molar-refractivity contribution < 1.29 is 4.74 Å². The molecule has 0 aliphatic rings. The Bertz CT molecular complexity index is 702. The number of methoxy groups -OCH3 is 1. The molecule has 27 heavy (non-hydrogen) atoms. The number of ether oxygens (including phenoxy) is 1. The smallest absolute Gasteiger partial charge is 0.191 e. The lowest BCUT2D eigenvalue weighted by Crippen LogP contribution is -2.38. The molecule has 2 aromatic rings. The number of aryl methyl sites for hydroxylation is 1. The Balaban J connectivity index is 0.00000364. The molecule has 0 saturated carbocycles. The van der Waals surface area contributed by atoms with Gasteiger partial charge in [0, 0.05) is 49.8 Å². The first-order valence-electron chi connectivity index (χ1n) is 9.09. The molecule has 2 rings (SSSR count). The average Bonchev–Trinajstić information content (AvgIpc) is 2.92. The second kappa shape index (κ2) is 12.7. The van der Waals surface area contributed by atoms with Crippen LogP contribution in [0.2, 0.25) is 0 Å². The number of hydrogen-bond donors (Lipinski definition) is 2. The standard InChI is InChI=1S/C19H30N6O.HI/c1-5-20-19(22-11-9-17-8-6-7-10-21-17)23-14-18-15(2)24-25(16(18)3)12-13-26-4;/h6-8,10H,5,9,11-14H2,1-4H3,(H2,20,22,23);1H. The third-order valence-corrected chi connectivity index (χ3v) is 4.18. The molecule has 7 nitrogen and oxygen atoms in total. The number of aliphatic imine (C=N–C) groups is 1. The van der Waals surface area contributed by atoms with E-state index in [9.17, 15) is 0 Å². The lowest BCUT2D eigenvalue weighted by atomic mass is 10.2. The summed E-state index contributed by atoms with van der Waals surface area (Å²) < 4.78 is 7.14. The summed E-state index contributed by atoms with van der Waals surface area (Å²) in [7, 11) is 1.70. The van der Waals surface area contributed by atoms with E-state index in [2.05, 4.69) is 34.6 Å². The summed E-state index contributed by atoms with van der Waals surface area (Å²) in [6.45, 7) is 9.80. The molecule has 2 N–H and O–H groups in total. The minimum atomic E-state index is 0. The Morgan fingerprint density at radius 2 is 2.07 bits per heavy atom. The second-order valence-electron chi connectivity index (χ2n) is 6.06. The van der Waals surface area contributed by atoms with Gasteiger partial charge in [-0.25, -0.2) is 4.99 Å². The highest BCUT2D eigenvalue weighted by atomic mass is 127. The molecule has 0 spiro atoms. The molecule has 0 unspecified atom stereocenters. The number of nitrogens with zero attached hydrogens (tertiary/aromatic N) is 4. The summed E-state index contributed by atoms with van der Waals surface area (Å²) in [4.78, 5) is 9.06. The van der Waals surface area contributed by atoms with Gasteiger partial charge in [0.2, 0.25) is 0 Å². The molecule has 0 atom stereocenters. The van der Waals surface area contributed by atoms with E-state index in [0.29, 0.717) is 13.2 Å². The van der Waals surface area contributed by atoms with Crippen molar-refractivity contribution in [2.75, 3.05) is 26.8 Å². The van der Waals surface area contributed by atoms with Crippen molar-refractivity contribution in [1.29, 1.82) is 0 Å². The summed E-state index contributed by atoms with van der Waals surface area (Å²) in [5.74, 6) is 0.812. The minimum absolute atomic E-state index is 0. The van der Waals surface area contributed by atoms with E-state index in [1.165, 1.54) is 5.56 Å². The van der Waals surface area contributed by atoms with Crippen molar-refractivity contribution in [2.45, 2.75) is 40.3 Å². The van der Waals surface area contributed by atoms with Crippen molar-refractivity contribution in [1.82, 2.24) is 25.4 Å². The van der Waals surface area contributed by atoms with E-state index < -0.39 is 0 Å². The highest BCUT2D eigenvalue weighted by molar-refractivity contribution is 14.0. The number of guanidine groups is 1. The molecule has 0 saturated heterocycles. The first-order chi connectivity index (χ1) is 12.7. The van der Waals surface area contributed by atoms with E-state index in [1.807, 2.05) is 36.0 Å². The van der Waals surface area contributed by atoms with Gasteiger partial charge in [-0.1, -0.05) is 6.07 Å². The zero-order valence-corrected chi connectivity index (χ0v) is 19.0. The summed E-state index contributed by atoms with van der Waals surface area (Å²) in [6, 6.07) is 5.97. The van der Waals surface area contributed by atoms with Gasteiger partial charge in [-0.3, -0.25) is 9.67 Å². The molecule has 0 aliphatic heterocycles. The van der Waals surface area contributed by atoms with Crippen molar-refractivity contribution in [3.05, 3.63) is 47.0 Å². The Kier molecular flexibility index (Phi) is 11.0. The van der Waals surface area contributed by atoms with Crippen molar-refractivity contribution in [2.24, 2.45) is 4.99 Å². The Morgan fingerprint density at radius 3 is 2.74 bits per heavy atom. The van der Waals surface area contributed by atoms with Crippen molar-refractivity contribution in [3.63, 3.8) is 0 Å². The highest BCUT2D eigenvalue weighted by Crippen LogP contribution is 2.14. The fraction of sp³-hybridized carbons (Fsp3) is 0.526. The second-order valence-corrected chi connectivity index (χ2v) is 6.06. The van der Waals surface area contributed by atoms with Crippen molar-refractivity contribution >= 4 is 29.9 Å².